The molecule has 0 saturated carbocycles. The Kier molecular flexibility index (Phi) is 7.81. The van der Waals surface area contributed by atoms with Crippen molar-refractivity contribution in [1.29, 1.82) is 0 Å². The molecule has 25 heavy (non-hydrogen) atoms. The van der Waals surface area contributed by atoms with Crippen molar-refractivity contribution in [3.05, 3.63) is 47.8 Å². The number of thioether (sulfide) groups is 1. The topological polar surface area (TPSA) is 59.0 Å². The van der Waals surface area contributed by atoms with E-state index in [1.807, 2.05) is 24.4 Å². The highest BCUT2D eigenvalue weighted by atomic mass is 35.5. The van der Waals surface area contributed by atoms with Gasteiger partial charge in [-0.3, -0.25) is 9.48 Å². The summed E-state index contributed by atoms with van der Waals surface area (Å²) in [6.45, 7) is 2.89. The van der Waals surface area contributed by atoms with E-state index in [0.29, 0.717) is 12.5 Å². The molecule has 1 amide bonds. The summed E-state index contributed by atoms with van der Waals surface area (Å²) in [6, 6.07) is 10.3. The first kappa shape index (κ1) is 19.8. The number of carbonyl (C=O) groups is 1. The van der Waals surface area contributed by atoms with Crippen LogP contribution in [0.25, 0.3) is 0 Å². The molecule has 0 spiro atoms. The highest BCUT2D eigenvalue weighted by Crippen LogP contribution is 2.21. The van der Waals surface area contributed by atoms with Gasteiger partial charge in [0.25, 0.3) is 0 Å². The van der Waals surface area contributed by atoms with Crippen molar-refractivity contribution in [3.8, 4) is 0 Å². The van der Waals surface area contributed by atoms with Gasteiger partial charge < -0.3 is 10.6 Å². The number of hydrogen-bond acceptors (Lipinski definition) is 4. The number of hydrogen-bond donors (Lipinski definition) is 2. The Labute approximate surface area is 159 Å². The molecule has 1 aromatic carbocycles. The fourth-order valence-electron chi connectivity index (χ4n) is 2.93. The van der Waals surface area contributed by atoms with Crippen LogP contribution in [0, 0.1) is 0 Å². The van der Waals surface area contributed by atoms with E-state index in [-0.39, 0.29) is 24.9 Å². The zero-order chi connectivity index (χ0) is 16.8. The van der Waals surface area contributed by atoms with E-state index in [1.54, 1.807) is 16.4 Å². The third kappa shape index (κ3) is 5.76. The number of carbonyl (C=O) groups excluding carboxylic acids is 1. The van der Waals surface area contributed by atoms with Crippen LogP contribution in [0.2, 0.25) is 0 Å². The van der Waals surface area contributed by atoms with Crippen molar-refractivity contribution in [3.63, 3.8) is 0 Å². The van der Waals surface area contributed by atoms with Gasteiger partial charge in [0, 0.05) is 30.1 Å². The molecule has 2 heterocycles. The van der Waals surface area contributed by atoms with E-state index in [0.717, 1.165) is 24.3 Å². The van der Waals surface area contributed by atoms with Gasteiger partial charge in [0.15, 0.2) is 0 Å². The second kappa shape index (κ2) is 9.85. The summed E-state index contributed by atoms with van der Waals surface area (Å²) in [5.74, 6) is 0.457. The summed E-state index contributed by atoms with van der Waals surface area (Å²) in [5.41, 5.74) is 2.19. The van der Waals surface area contributed by atoms with Gasteiger partial charge in [-0.25, -0.2) is 0 Å². The van der Waals surface area contributed by atoms with E-state index >= 15 is 0 Å². The van der Waals surface area contributed by atoms with E-state index in [1.165, 1.54) is 17.7 Å². The minimum absolute atomic E-state index is 0. The summed E-state index contributed by atoms with van der Waals surface area (Å²) < 4.78 is 1.73. The number of halogens is 1. The van der Waals surface area contributed by atoms with Gasteiger partial charge >= 0.3 is 0 Å². The number of aromatic nitrogens is 2. The van der Waals surface area contributed by atoms with Crippen LogP contribution in [0.3, 0.4) is 0 Å². The Bertz CT molecular complexity index is 668. The zero-order valence-corrected chi connectivity index (χ0v) is 16.0. The summed E-state index contributed by atoms with van der Waals surface area (Å²) in [6.07, 6.45) is 6.31. The SMILES string of the molecule is CSc1ccc(CNC(=O)Cn2ccc(C3CCCNC3)n2)cc1.Cl. The third-order valence-electron chi connectivity index (χ3n) is 4.33. The normalized spacial score (nSPS) is 16.9. The highest BCUT2D eigenvalue weighted by molar-refractivity contribution is 7.98. The first-order valence-electron chi connectivity index (χ1n) is 8.38. The molecule has 0 radical (unpaired) electrons. The molecule has 0 bridgehead atoms. The van der Waals surface area contributed by atoms with Crippen LogP contribution >= 0.6 is 24.2 Å². The van der Waals surface area contributed by atoms with Crippen LogP contribution in [0.5, 0.6) is 0 Å². The maximum atomic E-state index is 12.1. The lowest BCUT2D eigenvalue weighted by atomic mass is 9.97. The predicted octanol–water partition coefficient (Wildman–Crippen LogP) is 2.81. The van der Waals surface area contributed by atoms with Crippen LogP contribution in [-0.2, 0) is 17.9 Å². The average Bonchev–Trinajstić information content (AvgIpc) is 3.09. The number of piperidine rings is 1. The molecule has 1 saturated heterocycles. The molecular formula is C18H25ClN4OS. The average molecular weight is 381 g/mol. The van der Waals surface area contributed by atoms with Crippen LogP contribution in [0.15, 0.2) is 41.4 Å². The minimum Gasteiger partial charge on any atom is -0.350 e. The van der Waals surface area contributed by atoms with Crippen LogP contribution in [-0.4, -0.2) is 35.0 Å². The largest absolute Gasteiger partial charge is 0.350 e. The van der Waals surface area contributed by atoms with Crippen molar-refractivity contribution < 1.29 is 4.79 Å². The quantitative estimate of drug-likeness (QED) is 0.756. The van der Waals surface area contributed by atoms with Gasteiger partial charge in [0.1, 0.15) is 6.54 Å². The molecule has 1 aromatic heterocycles. The second-order valence-corrected chi connectivity index (χ2v) is 6.99. The van der Waals surface area contributed by atoms with Crippen LogP contribution < -0.4 is 10.6 Å². The summed E-state index contributed by atoms with van der Waals surface area (Å²) >= 11 is 1.71. The molecule has 3 rings (SSSR count). The third-order valence-corrected chi connectivity index (χ3v) is 5.07. The van der Waals surface area contributed by atoms with Crippen molar-refractivity contribution in [2.75, 3.05) is 19.3 Å². The maximum absolute atomic E-state index is 12.1. The molecule has 1 aliphatic rings. The van der Waals surface area contributed by atoms with Gasteiger partial charge in [-0.05, 0) is 49.4 Å². The lowest BCUT2D eigenvalue weighted by Crippen LogP contribution is -2.29. The van der Waals surface area contributed by atoms with E-state index in [4.69, 9.17) is 0 Å². The Morgan fingerprint density at radius 3 is 2.84 bits per heavy atom. The molecule has 1 fully saturated rings. The number of benzene rings is 1. The zero-order valence-electron chi connectivity index (χ0n) is 14.4. The van der Waals surface area contributed by atoms with Gasteiger partial charge in [-0.1, -0.05) is 12.1 Å². The van der Waals surface area contributed by atoms with Gasteiger partial charge in [0.2, 0.25) is 5.91 Å². The van der Waals surface area contributed by atoms with E-state index < -0.39 is 0 Å². The Morgan fingerprint density at radius 1 is 1.36 bits per heavy atom. The lowest BCUT2D eigenvalue weighted by Gasteiger charge is -2.20. The summed E-state index contributed by atoms with van der Waals surface area (Å²) in [7, 11) is 0. The number of nitrogens with zero attached hydrogens (tertiary/aromatic N) is 2. The van der Waals surface area contributed by atoms with Crippen molar-refractivity contribution in [2.24, 2.45) is 0 Å². The molecule has 1 atom stereocenters. The van der Waals surface area contributed by atoms with Crippen molar-refractivity contribution >= 4 is 30.1 Å². The van der Waals surface area contributed by atoms with Crippen LogP contribution in [0.1, 0.15) is 30.0 Å². The Hall–Kier alpha value is -1.50. The first-order chi connectivity index (χ1) is 11.7. The second-order valence-electron chi connectivity index (χ2n) is 6.11. The summed E-state index contributed by atoms with van der Waals surface area (Å²) in [4.78, 5) is 13.3. The Morgan fingerprint density at radius 2 is 2.16 bits per heavy atom. The molecular weight excluding hydrogens is 356 g/mol. The highest BCUT2D eigenvalue weighted by Gasteiger charge is 2.17. The molecule has 136 valence electrons. The molecule has 1 aliphatic heterocycles. The van der Waals surface area contributed by atoms with Gasteiger partial charge in [-0.2, -0.15) is 5.10 Å². The molecule has 2 N–H and O–H groups in total. The fourth-order valence-corrected chi connectivity index (χ4v) is 3.34. The maximum Gasteiger partial charge on any atom is 0.241 e. The van der Waals surface area contributed by atoms with Gasteiger partial charge in [0.05, 0.1) is 5.69 Å². The van der Waals surface area contributed by atoms with Crippen molar-refractivity contribution in [2.45, 2.75) is 36.7 Å². The van der Waals surface area contributed by atoms with Crippen molar-refractivity contribution in [1.82, 2.24) is 20.4 Å². The lowest BCUT2D eigenvalue weighted by molar-refractivity contribution is -0.122. The smallest absolute Gasteiger partial charge is 0.241 e. The number of amides is 1. The fraction of sp³-hybridized carbons (Fsp3) is 0.444. The van der Waals surface area contributed by atoms with Crippen LogP contribution in [0.4, 0.5) is 0 Å². The predicted molar refractivity (Wildman–Crippen MR) is 104 cm³/mol. The van der Waals surface area contributed by atoms with E-state index in [2.05, 4.69) is 34.1 Å². The Balaban J connectivity index is 0.00000225. The molecule has 2 aromatic rings. The first-order valence-corrected chi connectivity index (χ1v) is 9.61. The molecule has 0 aliphatic carbocycles. The number of nitrogens with one attached hydrogen (secondary N) is 2. The monoisotopic (exact) mass is 380 g/mol. The molecule has 5 nitrogen and oxygen atoms in total. The van der Waals surface area contributed by atoms with Gasteiger partial charge in [-0.15, -0.1) is 24.2 Å². The summed E-state index contributed by atoms with van der Waals surface area (Å²) in [5, 5.41) is 10.9. The minimum atomic E-state index is -0.0136. The number of rotatable bonds is 6. The molecule has 7 heteroatoms. The van der Waals surface area contributed by atoms with E-state index in [9.17, 15) is 4.79 Å². The standard InChI is InChI=1S/C18H24N4OS.ClH/c1-24-16-6-4-14(5-7-16)11-20-18(23)13-22-10-8-17(21-22)15-3-2-9-19-12-15;/h4-8,10,15,19H,2-3,9,11-13H2,1H3,(H,20,23);1H. The molecule has 1 unspecified atom stereocenters.